The van der Waals surface area contributed by atoms with Crippen molar-refractivity contribution in [1.82, 2.24) is 0 Å². The number of rotatable bonds is 1. The van der Waals surface area contributed by atoms with E-state index in [1.165, 1.54) is 0 Å². The standard InChI is InChI=1S/C6H8B.3CH3.Sn/c1-7-5-3-2-4-6-7;;;;/h2-6H,1H3;3*1H3;. The molecule has 1 aliphatic rings. The fourth-order valence-corrected chi connectivity index (χ4v) is 8.58. The summed E-state index contributed by atoms with van der Waals surface area (Å²) >= 11 is -1.65. The zero-order valence-electron chi connectivity index (χ0n) is 7.96. The Morgan fingerprint density at radius 1 is 1.18 bits per heavy atom. The van der Waals surface area contributed by atoms with Crippen LogP contribution in [0.5, 0.6) is 0 Å². The molecule has 11 heavy (non-hydrogen) atoms. The Labute approximate surface area is 74.7 Å². The molecule has 1 unspecified atom stereocenters. The molecule has 0 aromatic carbocycles. The van der Waals surface area contributed by atoms with Crippen LogP contribution in [0, 0.1) is 0 Å². The van der Waals surface area contributed by atoms with Crippen LogP contribution in [0.25, 0.3) is 0 Å². The fourth-order valence-electron chi connectivity index (χ4n) is 1.80. The van der Waals surface area contributed by atoms with Gasteiger partial charge in [-0.3, -0.25) is 0 Å². The third-order valence-corrected chi connectivity index (χ3v) is 10.2. The summed E-state index contributed by atoms with van der Waals surface area (Å²) in [5.41, 5.74) is 0. The van der Waals surface area contributed by atoms with Gasteiger partial charge in [-0.05, 0) is 0 Å². The van der Waals surface area contributed by atoms with Crippen molar-refractivity contribution in [3.05, 3.63) is 24.2 Å². The molecule has 0 bridgehead atoms. The van der Waals surface area contributed by atoms with E-state index < -0.39 is 18.4 Å². The van der Waals surface area contributed by atoms with E-state index >= 15 is 0 Å². The van der Waals surface area contributed by atoms with E-state index in [1.807, 2.05) is 0 Å². The molecule has 1 atom stereocenters. The van der Waals surface area contributed by atoms with Crippen molar-refractivity contribution in [2.75, 3.05) is 0 Å². The Balaban J connectivity index is 2.74. The molecule has 1 aliphatic heterocycles. The Kier molecular flexibility index (Phi) is 2.90. The van der Waals surface area contributed by atoms with Crippen molar-refractivity contribution in [3.63, 3.8) is 0 Å². The maximum absolute atomic E-state index is 2.51. The maximum atomic E-state index is 2.51. The predicted octanol–water partition coefficient (Wildman–Crippen LogP) is 3.02. The second-order valence-corrected chi connectivity index (χ2v) is 19.9. The van der Waals surface area contributed by atoms with Gasteiger partial charge in [0.05, 0.1) is 0 Å². The van der Waals surface area contributed by atoms with Crippen LogP contribution in [0.2, 0.25) is 25.5 Å². The molecule has 0 spiro atoms. The van der Waals surface area contributed by atoms with Crippen LogP contribution in [0.3, 0.4) is 0 Å². The average Bonchev–Trinajstić information content (AvgIpc) is 1.86. The zero-order chi connectivity index (χ0) is 8.48. The van der Waals surface area contributed by atoms with E-state index in [4.69, 9.17) is 0 Å². The minimum absolute atomic E-state index is 0.788. The summed E-state index contributed by atoms with van der Waals surface area (Å²) in [6, 6.07) is 0. The van der Waals surface area contributed by atoms with Crippen molar-refractivity contribution < 1.29 is 0 Å². The molecule has 0 aliphatic carbocycles. The molecular weight excluding hydrogens is 238 g/mol. The van der Waals surface area contributed by atoms with E-state index in [2.05, 4.69) is 45.8 Å². The van der Waals surface area contributed by atoms with Crippen LogP contribution in [0.1, 0.15) is 0 Å². The summed E-state index contributed by atoms with van der Waals surface area (Å²) < 4.78 is 0.911. The summed E-state index contributed by atoms with van der Waals surface area (Å²) in [4.78, 5) is 7.54. The van der Waals surface area contributed by atoms with Crippen molar-refractivity contribution >= 4 is 25.1 Å². The average molecular weight is 255 g/mol. The van der Waals surface area contributed by atoms with E-state index in [9.17, 15) is 0 Å². The van der Waals surface area contributed by atoms with Crippen LogP contribution in [0.4, 0.5) is 0 Å². The molecule has 0 aromatic rings. The van der Waals surface area contributed by atoms with Gasteiger partial charge in [0, 0.05) is 0 Å². The quantitative estimate of drug-likeness (QED) is 0.631. The molecule has 60 valence electrons. The Morgan fingerprint density at radius 3 is 2.18 bits per heavy atom. The molecule has 0 saturated heterocycles. The van der Waals surface area contributed by atoms with Crippen LogP contribution in [-0.4, -0.2) is 25.1 Å². The molecule has 0 nitrogen and oxygen atoms in total. The molecule has 1 rings (SSSR count). The first-order chi connectivity index (χ1) is 5.02. The summed E-state index contributed by atoms with van der Waals surface area (Å²) in [5, 5.41) is 0. The van der Waals surface area contributed by atoms with E-state index in [0.717, 1.165) is 10.5 Å². The van der Waals surface area contributed by atoms with Crippen LogP contribution in [0.15, 0.2) is 24.2 Å². The van der Waals surface area contributed by atoms with Gasteiger partial charge in [-0.1, -0.05) is 0 Å². The summed E-state index contributed by atoms with van der Waals surface area (Å²) in [5.74, 6) is 2.34. The summed E-state index contributed by atoms with van der Waals surface area (Å²) in [7, 11) is 0. The first-order valence-electron chi connectivity index (χ1n) is 4.37. The molecule has 0 aromatic heterocycles. The summed E-state index contributed by atoms with van der Waals surface area (Å²) in [6.45, 7) is 3.13. The Bertz CT molecular complexity index is 188. The molecule has 0 amide bonds. The van der Waals surface area contributed by atoms with Gasteiger partial charge in [-0.15, -0.1) is 0 Å². The van der Waals surface area contributed by atoms with Crippen LogP contribution in [-0.2, 0) is 0 Å². The molecular formula is C9H17BSn. The number of hydrogen-bond acceptors (Lipinski definition) is 0. The molecule has 2 heteroatoms. The van der Waals surface area contributed by atoms with Crippen molar-refractivity contribution in [2.45, 2.75) is 25.5 Å². The first-order valence-corrected chi connectivity index (χ1v) is 14.6. The normalized spacial score (nSPS) is 24.4. The Morgan fingerprint density at radius 2 is 1.82 bits per heavy atom. The predicted molar refractivity (Wildman–Crippen MR) is 57.0 cm³/mol. The second kappa shape index (κ2) is 3.38. The summed E-state index contributed by atoms with van der Waals surface area (Å²) in [6.07, 6.45) is 6.81. The van der Waals surface area contributed by atoms with Crippen molar-refractivity contribution in [3.8, 4) is 0 Å². The monoisotopic (exact) mass is 256 g/mol. The van der Waals surface area contributed by atoms with Gasteiger partial charge in [0.2, 0.25) is 0 Å². The van der Waals surface area contributed by atoms with Gasteiger partial charge in [0.25, 0.3) is 0 Å². The van der Waals surface area contributed by atoms with Crippen molar-refractivity contribution in [2.24, 2.45) is 0 Å². The number of hydrogen-bond donors (Lipinski definition) is 0. The van der Waals surface area contributed by atoms with Crippen LogP contribution >= 0.6 is 0 Å². The van der Waals surface area contributed by atoms with Gasteiger partial charge in [0.1, 0.15) is 0 Å². The third-order valence-electron chi connectivity index (χ3n) is 2.41. The first kappa shape index (κ1) is 9.43. The minimum atomic E-state index is -1.65. The Hall–Kier alpha value is 0.344. The van der Waals surface area contributed by atoms with Gasteiger partial charge in [-0.25, -0.2) is 0 Å². The van der Waals surface area contributed by atoms with Crippen molar-refractivity contribution in [1.29, 1.82) is 0 Å². The molecule has 0 N–H and O–H groups in total. The molecule has 0 saturated carbocycles. The third kappa shape index (κ3) is 2.39. The SMILES string of the molecule is CB1C=CC=C[CH]1[Sn]([CH3])([CH3])[CH3]. The zero-order valence-corrected chi connectivity index (χ0v) is 10.8. The molecule has 0 fully saturated rings. The molecule has 0 radical (unpaired) electrons. The van der Waals surface area contributed by atoms with Gasteiger partial charge < -0.3 is 0 Å². The molecule has 1 heterocycles. The topological polar surface area (TPSA) is 0 Å². The van der Waals surface area contributed by atoms with Crippen LogP contribution < -0.4 is 0 Å². The number of allylic oxidation sites excluding steroid dienone is 3. The van der Waals surface area contributed by atoms with Gasteiger partial charge in [0.15, 0.2) is 0 Å². The van der Waals surface area contributed by atoms with E-state index in [1.54, 1.807) is 0 Å². The van der Waals surface area contributed by atoms with Gasteiger partial charge >= 0.3 is 74.8 Å². The van der Waals surface area contributed by atoms with Gasteiger partial charge in [-0.2, -0.15) is 0 Å². The van der Waals surface area contributed by atoms with E-state index in [0.29, 0.717) is 0 Å². The fraction of sp³-hybridized carbons (Fsp3) is 0.556. The van der Waals surface area contributed by atoms with E-state index in [-0.39, 0.29) is 0 Å². The second-order valence-electron chi connectivity index (χ2n) is 4.52.